The minimum atomic E-state index is -1.15. The van der Waals surface area contributed by atoms with Crippen LogP contribution in [0.5, 0.6) is 0 Å². The molecule has 3 aliphatic rings. The molecule has 3 rings (SSSR count). The molecule has 0 spiro atoms. The van der Waals surface area contributed by atoms with Gasteiger partial charge in [-0.25, -0.2) is 0 Å². The largest absolute Gasteiger partial charge is 0.462 e. The second-order valence-corrected chi connectivity index (χ2v) is 8.36. The number of carbonyl (C=O) groups excluding carboxylic acids is 2. The molecule has 0 aromatic carbocycles. The number of esters is 2. The smallest absolute Gasteiger partial charge is 0.309 e. The molecule has 0 amide bonds. The van der Waals surface area contributed by atoms with Crippen LogP contribution < -0.4 is 0 Å². The lowest BCUT2D eigenvalue weighted by Crippen LogP contribution is -2.41. The van der Waals surface area contributed by atoms with Gasteiger partial charge in [-0.05, 0) is 31.4 Å². The van der Waals surface area contributed by atoms with E-state index < -0.39 is 29.8 Å². The van der Waals surface area contributed by atoms with Crippen molar-refractivity contribution in [3.63, 3.8) is 0 Å². The first-order valence-corrected chi connectivity index (χ1v) is 9.06. The highest BCUT2D eigenvalue weighted by molar-refractivity contribution is 5.76. The Balaban J connectivity index is 2.05. The monoisotopic (exact) mass is 352 g/mol. The van der Waals surface area contributed by atoms with Gasteiger partial charge < -0.3 is 19.7 Å². The molecule has 0 aromatic heterocycles. The first-order chi connectivity index (χ1) is 11.5. The number of aliphatic hydroxyl groups excluding tert-OH is 1. The number of carbonyl (C=O) groups is 2. The number of aliphatic hydroxyl groups is 2. The summed E-state index contributed by atoms with van der Waals surface area (Å²) in [5.74, 6) is -2.03. The van der Waals surface area contributed by atoms with Crippen LogP contribution in [0.15, 0.2) is 11.1 Å². The van der Waals surface area contributed by atoms with Crippen LogP contribution in [0.2, 0.25) is 0 Å². The van der Waals surface area contributed by atoms with E-state index in [0.29, 0.717) is 6.42 Å². The summed E-state index contributed by atoms with van der Waals surface area (Å²) in [5.41, 5.74) is 0.424. The highest BCUT2D eigenvalue weighted by atomic mass is 16.6. The number of fused-ring (bicyclic) bond motifs is 3. The third-order valence-electron chi connectivity index (χ3n) is 6.17. The topological polar surface area (TPSA) is 93.1 Å². The highest BCUT2D eigenvalue weighted by Crippen LogP contribution is 2.52. The number of hydrogen-bond donors (Lipinski definition) is 2. The van der Waals surface area contributed by atoms with Gasteiger partial charge in [0, 0.05) is 12.3 Å². The molecule has 1 aliphatic heterocycles. The van der Waals surface area contributed by atoms with E-state index in [4.69, 9.17) is 9.47 Å². The maximum Gasteiger partial charge on any atom is 0.309 e. The van der Waals surface area contributed by atoms with Gasteiger partial charge in [-0.15, -0.1) is 0 Å². The molecule has 0 unspecified atom stereocenters. The lowest BCUT2D eigenvalue weighted by molar-refractivity contribution is -0.160. The second kappa shape index (κ2) is 6.09. The first kappa shape index (κ1) is 18.4. The number of rotatable bonds is 2. The highest BCUT2D eigenvalue weighted by Gasteiger charge is 2.59. The maximum absolute atomic E-state index is 12.2. The quantitative estimate of drug-likeness (QED) is 0.579. The summed E-state index contributed by atoms with van der Waals surface area (Å²) < 4.78 is 11.4. The molecular weight excluding hydrogens is 324 g/mol. The molecule has 25 heavy (non-hydrogen) atoms. The molecule has 140 valence electrons. The third kappa shape index (κ3) is 2.89. The normalized spacial score (nSPS) is 43.6. The van der Waals surface area contributed by atoms with Gasteiger partial charge in [0.05, 0.1) is 29.5 Å². The molecule has 1 heterocycles. The Hall–Kier alpha value is -1.40. The summed E-state index contributed by atoms with van der Waals surface area (Å²) in [5, 5.41) is 21.4. The zero-order chi connectivity index (χ0) is 18.7. The van der Waals surface area contributed by atoms with E-state index in [9.17, 15) is 19.8 Å². The Kier molecular flexibility index (Phi) is 4.48. The average molecular weight is 352 g/mol. The SMILES string of the molecule is CC1=C2[C@H]3OC(=O)[C@@H](C)[C@@H]3[C@H](OC(=O)C(C)C)C[C@@](C)(O)[C@@H]2C[C@@H]1O. The second-order valence-electron chi connectivity index (χ2n) is 8.36. The van der Waals surface area contributed by atoms with E-state index >= 15 is 0 Å². The molecule has 0 bridgehead atoms. The molecule has 6 heteroatoms. The van der Waals surface area contributed by atoms with Crippen LogP contribution in [-0.4, -0.2) is 46.1 Å². The first-order valence-electron chi connectivity index (χ1n) is 9.06. The predicted octanol–water partition coefficient (Wildman–Crippen LogP) is 1.58. The van der Waals surface area contributed by atoms with Crippen molar-refractivity contribution in [1.29, 1.82) is 0 Å². The van der Waals surface area contributed by atoms with Crippen molar-refractivity contribution in [2.75, 3.05) is 0 Å². The van der Waals surface area contributed by atoms with E-state index in [1.165, 1.54) is 0 Å². The zero-order valence-corrected chi connectivity index (χ0v) is 15.5. The van der Waals surface area contributed by atoms with E-state index in [-0.39, 0.29) is 36.1 Å². The van der Waals surface area contributed by atoms with Gasteiger partial charge >= 0.3 is 11.9 Å². The van der Waals surface area contributed by atoms with Crippen LogP contribution in [-0.2, 0) is 19.1 Å². The van der Waals surface area contributed by atoms with Crippen molar-refractivity contribution in [1.82, 2.24) is 0 Å². The summed E-state index contributed by atoms with van der Waals surface area (Å²) in [7, 11) is 0. The summed E-state index contributed by atoms with van der Waals surface area (Å²) in [6, 6.07) is 0. The van der Waals surface area contributed by atoms with Crippen LogP contribution in [0.25, 0.3) is 0 Å². The van der Waals surface area contributed by atoms with Crippen molar-refractivity contribution >= 4 is 11.9 Å². The van der Waals surface area contributed by atoms with Crippen molar-refractivity contribution in [3.8, 4) is 0 Å². The molecule has 2 N–H and O–H groups in total. The van der Waals surface area contributed by atoms with Crippen LogP contribution in [0.3, 0.4) is 0 Å². The minimum Gasteiger partial charge on any atom is -0.462 e. The average Bonchev–Trinajstić information content (AvgIpc) is 2.93. The fraction of sp³-hybridized carbons (Fsp3) is 0.789. The van der Waals surface area contributed by atoms with Gasteiger partial charge in [0.25, 0.3) is 0 Å². The molecule has 0 radical (unpaired) electrons. The lowest BCUT2D eigenvalue weighted by Gasteiger charge is -2.33. The molecule has 0 aromatic rings. The predicted molar refractivity (Wildman–Crippen MR) is 89.3 cm³/mol. The van der Waals surface area contributed by atoms with E-state index in [0.717, 1.165) is 11.1 Å². The van der Waals surface area contributed by atoms with Crippen LogP contribution >= 0.6 is 0 Å². The van der Waals surface area contributed by atoms with Gasteiger partial charge in [-0.2, -0.15) is 0 Å². The maximum atomic E-state index is 12.2. The Bertz CT molecular complexity index is 619. The molecule has 1 saturated carbocycles. The van der Waals surface area contributed by atoms with Crippen molar-refractivity contribution in [2.45, 2.75) is 71.4 Å². The fourth-order valence-corrected chi connectivity index (χ4v) is 4.62. The summed E-state index contributed by atoms with van der Waals surface area (Å²) in [4.78, 5) is 24.4. The standard InChI is InChI=1S/C19H28O6/c1-8(2)17(21)24-13-7-19(5,23)11-6-12(20)9(3)14(11)16-15(13)10(4)18(22)25-16/h8,10-13,15-16,20,23H,6-7H2,1-5H3/t10-,11+,12-,13+,15+,16+,19+/m0/s1. The molecule has 2 fully saturated rings. The lowest BCUT2D eigenvalue weighted by atomic mass is 9.81. The van der Waals surface area contributed by atoms with E-state index in [1.54, 1.807) is 27.7 Å². The summed E-state index contributed by atoms with van der Waals surface area (Å²) in [6.45, 7) is 8.83. The Morgan fingerprint density at radius 2 is 2.04 bits per heavy atom. The Morgan fingerprint density at radius 1 is 1.40 bits per heavy atom. The van der Waals surface area contributed by atoms with E-state index in [2.05, 4.69) is 0 Å². The van der Waals surface area contributed by atoms with Gasteiger partial charge in [0.1, 0.15) is 12.2 Å². The van der Waals surface area contributed by atoms with Gasteiger partial charge in [0.2, 0.25) is 0 Å². The molecule has 1 saturated heterocycles. The summed E-state index contributed by atoms with van der Waals surface area (Å²) in [6.07, 6.45) is -1.17. The fourth-order valence-electron chi connectivity index (χ4n) is 4.62. The van der Waals surface area contributed by atoms with E-state index in [1.807, 2.05) is 6.92 Å². The summed E-state index contributed by atoms with van der Waals surface area (Å²) >= 11 is 0. The van der Waals surface area contributed by atoms with Crippen LogP contribution in [0.1, 0.15) is 47.5 Å². The zero-order valence-electron chi connectivity index (χ0n) is 15.5. The van der Waals surface area contributed by atoms with Gasteiger partial charge in [-0.3, -0.25) is 9.59 Å². The van der Waals surface area contributed by atoms with Crippen LogP contribution in [0.4, 0.5) is 0 Å². The van der Waals surface area contributed by atoms with Crippen molar-refractivity contribution < 1.29 is 29.3 Å². The minimum absolute atomic E-state index is 0.224. The molecular formula is C19H28O6. The molecule has 6 nitrogen and oxygen atoms in total. The molecule has 2 aliphatic carbocycles. The number of ether oxygens (including phenoxy) is 2. The van der Waals surface area contributed by atoms with Crippen LogP contribution in [0, 0.1) is 23.7 Å². The van der Waals surface area contributed by atoms with Gasteiger partial charge in [-0.1, -0.05) is 20.8 Å². The molecule has 7 atom stereocenters. The van der Waals surface area contributed by atoms with Crippen molar-refractivity contribution in [2.24, 2.45) is 23.7 Å². The number of hydrogen-bond acceptors (Lipinski definition) is 6. The third-order valence-corrected chi connectivity index (χ3v) is 6.17. The Morgan fingerprint density at radius 3 is 2.64 bits per heavy atom. The van der Waals surface area contributed by atoms with Gasteiger partial charge in [0.15, 0.2) is 0 Å². The Labute approximate surface area is 148 Å². The van der Waals surface area contributed by atoms with Crippen molar-refractivity contribution in [3.05, 3.63) is 11.1 Å².